The zero-order valence-electron chi connectivity index (χ0n) is 31.9. The predicted molar refractivity (Wildman–Crippen MR) is 200 cm³/mol. The van der Waals surface area contributed by atoms with Crippen molar-refractivity contribution in [2.75, 3.05) is 39.8 Å². The number of Topliss-reactive ketones (excluding diaryl/α,β-unsaturated/α-hetero) is 1. The molecule has 2 heterocycles. The van der Waals surface area contributed by atoms with E-state index in [0.29, 0.717) is 25.9 Å². The molecule has 4 N–H and O–H groups in total. The molecule has 3 rings (SSSR count). The minimum absolute atomic E-state index is 0.00587. The Balaban J connectivity index is 1.88. The first-order chi connectivity index (χ1) is 24.4. The second kappa shape index (κ2) is 19.0. The number of rotatable bonds is 15. The number of carbonyl (C=O) groups is 5. The van der Waals surface area contributed by atoms with E-state index in [-0.39, 0.29) is 56.1 Å². The van der Waals surface area contributed by atoms with Crippen LogP contribution in [0.2, 0.25) is 0 Å². The van der Waals surface area contributed by atoms with Gasteiger partial charge >= 0.3 is 6.03 Å². The van der Waals surface area contributed by atoms with Crippen molar-refractivity contribution in [3.63, 3.8) is 0 Å². The molecule has 3 aliphatic rings. The summed E-state index contributed by atoms with van der Waals surface area (Å²) < 4.78 is 28.8. The van der Waals surface area contributed by atoms with E-state index in [1.165, 1.54) is 19.6 Å². The second-order valence-corrected chi connectivity index (χ2v) is 17.8. The molecule has 0 radical (unpaired) electrons. The summed E-state index contributed by atoms with van der Waals surface area (Å²) in [5, 5.41) is 11.2. The third-order valence-corrected chi connectivity index (χ3v) is 12.7. The highest BCUT2D eigenvalue weighted by atomic mass is 32.2. The zero-order valence-corrected chi connectivity index (χ0v) is 32.7. The van der Waals surface area contributed by atoms with Crippen molar-refractivity contribution < 1.29 is 32.4 Å². The van der Waals surface area contributed by atoms with E-state index < -0.39 is 63.4 Å². The topological polar surface area (TPSA) is 177 Å². The van der Waals surface area contributed by atoms with Crippen molar-refractivity contribution in [1.82, 2.24) is 34.8 Å². The molecule has 0 aromatic carbocycles. The largest absolute Gasteiger partial charge is 0.346 e. The van der Waals surface area contributed by atoms with Gasteiger partial charge in [-0.3, -0.25) is 19.2 Å². The number of urea groups is 1. The van der Waals surface area contributed by atoms with Crippen LogP contribution in [0.15, 0.2) is 12.7 Å². The molecule has 0 aromatic heterocycles. The smallest absolute Gasteiger partial charge is 0.315 e. The van der Waals surface area contributed by atoms with Crippen LogP contribution in [0.4, 0.5) is 4.79 Å². The van der Waals surface area contributed by atoms with Gasteiger partial charge in [0.15, 0.2) is 0 Å². The van der Waals surface area contributed by atoms with E-state index >= 15 is 0 Å². The first kappa shape index (κ1) is 42.9. The lowest BCUT2D eigenvalue weighted by Gasteiger charge is -2.39. The minimum Gasteiger partial charge on any atom is -0.346 e. The van der Waals surface area contributed by atoms with Crippen molar-refractivity contribution in [2.24, 2.45) is 23.2 Å². The number of nitrogens with zero attached hydrogens (tertiary/aromatic N) is 3. The fourth-order valence-electron chi connectivity index (χ4n) is 7.45. The first-order valence-electron chi connectivity index (χ1n) is 18.7. The molecule has 1 saturated carbocycles. The highest BCUT2D eigenvalue weighted by Gasteiger charge is 2.47. The Bertz CT molecular complexity index is 1450. The summed E-state index contributed by atoms with van der Waals surface area (Å²) >= 11 is 0. The molecular formula is C37H61N7O7S. The van der Waals surface area contributed by atoms with Gasteiger partial charge in [0.25, 0.3) is 16.1 Å². The Labute approximate surface area is 310 Å². The van der Waals surface area contributed by atoms with Gasteiger partial charge in [-0.25, -0.2) is 4.79 Å². The van der Waals surface area contributed by atoms with Crippen molar-refractivity contribution in [3.8, 4) is 12.3 Å². The SMILES string of the molecule is C#CCCC(NC(=O)[C@@H]1C(C(C)C)CCN1C(=O)[C@@H](NC(=O)N[C@H](CN1CCCN(C)S1(=O)=O)C(C)(C)C)C1CCCCC1)C(=O)C(=O)NCC=C. The highest BCUT2D eigenvalue weighted by Crippen LogP contribution is 2.34. The molecule has 0 spiro atoms. The quantitative estimate of drug-likeness (QED) is 0.113. The van der Waals surface area contributed by atoms with Crippen LogP contribution in [0.25, 0.3) is 0 Å². The molecule has 0 bridgehead atoms. The van der Waals surface area contributed by atoms with E-state index in [4.69, 9.17) is 6.42 Å². The molecule has 15 heteroatoms. The van der Waals surface area contributed by atoms with Crippen LogP contribution in [-0.2, 0) is 29.4 Å². The third kappa shape index (κ3) is 11.0. The summed E-state index contributed by atoms with van der Waals surface area (Å²) in [4.78, 5) is 69.8. The van der Waals surface area contributed by atoms with E-state index in [0.717, 1.165) is 32.1 Å². The van der Waals surface area contributed by atoms with Gasteiger partial charge in [0.05, 0.1) is 6.04 Å². The Morgan fingerprint density at radius 2 is 1.63 bits per heavy atom. The van der Waals surface area contributed by atoms with E-state index in [9.17, 15) is 32.4 Å². The maximum Gasteiger partial charge on any atom is 0.315 e. The fraction of sp³-hybridized carbons (Fsp3) is 0.757. The lowest BCUT2D eigenvalue weighted by atomic mass is 9.82. The fourth-order valence-corrected chi connectivity index (χ4v) is 8.90. The van der Waals surface area contributed by atoms with Gasteiger partial charge in [0, 0.05) is 52.2 Å². The van der Waals surface area contributed by atoms with Gasteiger partial charge < -0.3 is 26.2 Å². The van der Waals surface area contributed by atoms with Crippen molar-refractivity contribution in [1.29, 1.82) is 0 Å². The van der Waals surface area contributed by atoms with Gasteiger partial charge in [0.2, 0.25) is 17.6 Å². The second-order valence-electron chi connectivity index (χ2n) is 15.8. The highest BCUT2D eigenvalue weighted by molar-refractivity contribution is 7.86. The molecule has 52 heavy (non-hydrogen) atoms. The lowest BCUT2D eigenvalue weighted by Crippen LogP contribution is -2.62. The van der Waals surface area contributed by atoms with E-state index in [1.54, 1.807) is 7.05 Å². The van der Waals surface area contributed by atoms with Crippen LogP contribution in [0.3, 0.4) is 0 Å². The van der Waals surface area contributed by atoms with Crippen LogP contribution in [0.1, 0.15) is 92.4 Å². The predicted octanol–water partition coefficient (Wildman–Crippen LogP) is 2.17. The molecule has 5 amide bonds. The summed E-state index contributed by atoms with van der Waals surface area (Å²) in [6, 6.07) is -4.22. The Morgan fingerprint density at radius 3 is 2.23 bits per heavy atom. The number of hydrogen-bond donors (Lipinski definition) is 4. The average molecular weight is 748 g/mol. The molecule has 2 unspecified atom stereocenters. The summed E-state index contributed by atoms with van der Waals surface area (Å²) in [7, 11) is -2.13. The third-order valence-electron chi connectivity index (χ3n) is 10.7. The van der Waals surface area contributed by atoms with Gasteiger partial charge in [-0.1, -0.05) is 60.0 Å². The first-order valence-corrected chi connectivity index (χ1v) is 20.1. The summed E-state index contributed by atoms with van der Waals surface area (Å²) in [6.45, 7) is 14.5. The number of ketones is 1. The molecule has 2 saturated heterocycles. The molecule has 0 aromatic rings. The van der Waals surface area contributed by atoms with Crippen molar-refractivity contribution in [3.05, 3.63) is 12.7 Å². The summed E-state index contributed by atoms with van der Waals surface area (Å²) in [5.74, 6) is -0.582. The van der Waals surface area contributed by atoms with Crippen LogP contribution >= 0.6 is 0 Å². The normalized spacial score (nSPS) is 23.2. The van der Waals surface area contributed by atoms with Crippen LogP contribution in [0.5, 0.6) is 0 Å². The van der Waals surface area contributed by atoms with Gasteiger partial charge in [-0.05, 0) is 55.3 Å². The maximum atomic E-state index is 14.6. The minimum atomic E-state index is -3.67. The van der Waals surface area contributed by atoms with Crippen molar-refractivity contribution in [2.45, 2.75) is 117 Å². The number of nitrogens with one attached hydrogen (secondary N) is 4. The van der Waals surface area contributed by atoms with Crippen LogP contribution in [0, 0.1) is 35.5 Å². The number of terminal acetylenes is 1. The van der Waals surface area contributed by atoms with Crippen molar-refractivity contribution >= 4 is 39.7 Å². The van der Waals surface area contributed by atoms with Crippen LogP contribution in [-0.4, -0.2) is 115 Å². The molecule has 3 fully saturated rings. The lowest BCUT2D eigenvalue weighted by molar-refractivity contribution is -0.144. The molecule has 292 valence electrons. The number of hydrogen-bond acceptors (Lipinski definition) is 7. The van der Waals surface area contributed by atoms with Gasteiger partial charge in [-0.2, -0.15) is 17.0 Å². The van der Waals surface area contributed by atoms with Gasteiger partial charge in [0.1, 0.15) is 12.1 Å². The van der Waals surface area contributed by atoms with E-state index in [1.807, 2.05) is 34.6 Å². The van der Waals surface area contributed by atoms with E-state index in [2.05, 4.69) is 33.8 Å². The number of carbonyl (C=O) groups excluding carboxylic acids is 5. The monoisotopic (exact) mass is 747 g/mol. The molecule has 14 nitrogen and oxygen atoms in total. The summed E-state index contributed by atoms with van der Waals surface area (Å²) in [6.07, 6.45) is 12.6. The number of amides is 5. The van der Waals surface area contributed by atoms with Crippen LogP contribution < -0.4 is 21.3 Å². The maximum absolute atomic E-state index is 14.6. The molecule has 2 aliphatic heterocycles. The Kier molecular flexibility index (Phi) is 15.7. The Morgan fingerprint density at radius 1 is 0.962 bits per heavy atom. The summed E-state index contributed by atoms with van der Waals surface area (Å²) in [5.41, 5.74) is -0.522. The Hall–Kier alpha value is -3.48. The zero-order chi connectivity index (χ0) is 38.8. The molecule has 1 aliphatic carbocycles. The standard InChI is InChI=1S/C37H61N7O7S/c1-9-11-18-28(32(45)34(47)38-20-10-2)39-33(46)31-27(25(3)4)19-23-44(31)35(48)30(26-16-13-12-14-17-26)41-36(49)40-29(37(5,6)7)24-43-22-15-21-42(8)52(43,50)51/h1,10,25-31H,2,11-24H2,3-8H3,(H,38,47)(H,39,46)(H2,40,41,49)/t27?,28?,29-,30+,31+/m1/s1. The van der Waals surface area contributed by atoms with Gasteiger partial charge in [-0.15, -0.1) is 18.9 Å². The molecular weight excluding hydrogens is 687 g/mol. The molecule has 5 atom stereocenters. The number of likely N-dealkylation sites (tertiary alicyclic amines) is 1. The average Bonchev–Trinajstić information content (AvgIpc) is 3.55.